The minimum absolute atomic E-state index is 0.288. The van der Waals surface area contributed by atoms with Crippen LogP contribution >= 0.6 is 11.6 Å². The summed E-state index contributed by atoms with van der Waals surface area (Å²) in [6.07, 6.45) is 1.51. The van der Waals surface area contributed by atoms with E-state index in [0.717, 1.165) is 6.42 Å². The molecule has 2 aromatic rings. The number of rotatable bonds is 4. The molecule has 0 aliphatic heterocycles. The van der Waals surface area contributed by atoms with Gasteiger partial charge in [0.05, 0.1) is 16.9 Å². The molecule has 1 atom stereocenters. The number of benzene rings is 1. The zero-order valence-corrected chi connectivity index (χ0v) is 11.7. The van der Waals surface area contributed by atoms with Crippen LogP contribution < -0.4 is 0 Å². The Morgan fingerprint density at radius 3 is 2.84 bits per heavy atom. The van der Waals surface area contributed by atoms with E-state index in [1.54, 1.807) is 23.7 Å². The molecule has 1 aromatic carbocycles. The maximum absolute atomic E-state index is 13.3. The Labute approximate surface area is 116 Å². The maximum atomic E-state index is 13.3. The summed E-state index contributed by atoms with van der Waals surface area (Å²) in [5.41, 5.74) is 1.66. The summed E-state index contributed by atoms with van der Waals surface area (Å²) < 4.78 is 14.9. The summed E-state index contributed by atoms with van der Waals surface area (Å²) in [6, 6.07) is 4.54. The van der Waals surface area contributed by atoms with Gasteiger partial charge >= 0.3 is 0 Å². The fraction of sp³-hybridized carbons (Fsp3) is 0.357. The Kier molecular flexibility index (Phi) is 4.22. The first-order chi connectivity index (χ1) is 9.04. The highest BCUT2D eigenvalue weighted by Gasteiger charge is 2.20. The van der Waals surface area contributed by atoms with Gasteiger partial charge in [-0.3, -0.25) is 4.68 Å². The number of nitrogens with zero attached hydrogens (tertiary/aromatic N) is 2. The molecule has 1 aromatic heterocycles. The van der Waals surface area contributed by atoms with Crippen LogP contribution in [0.15, 0.2) is 24.4 Å². The summed E-state index contributed by atoms with van der Waals surface area (Å²) in [7, 11) is 0. The van der Waals surface area contributed by atoms with Crippen LogP contribution in [0.25, 0.3) is 0 Å². The third-order valence-corrected chi connectivity index (χ3v) is 3.32. The van der Waals surface area contributed by atoms with Crippen molar-refractivity contribution in [3.63, 3.8) is 0 Å². The van der Waals surface area contributed by atoms with E-state index in [4.69, 9.17) is 11.6 Å². The first-order valence-corrected chi connectivity index (χ1v) is 6.57. The second kappa shape index (κ2) is 5.72. The summed E-state index contributed by atoms with van der Waals surface area (Å²) in [5.74, 6) is -0.288. The van der Waals surface area contributed by atoms with Crippen molar-refractivity contribution in [1.29, 1.82) is 0 Å². The van der Waals surface area contributed by atoms with Crippen LogP contribution in [-0.4, -0.2) is 14.9 Å². The predicted octanol–water partition coefficient (Wildman–Crippen LogP) is 3.48. The second-order valence-electron chi connectivity index (χ2n) is 4.51. The van der Waals surface area contributed by atoms with Gasteiger partial charge in [0.25, 0.3) is 0 Å². The van der Waals surface area contributed by atoms with Gasteiger partial charge in [-0.1, -0.05) is 30.7 Å². The van der Waals surface area contributed by atoms with Crippen LogP contribution in [0, 0.1) is 12.7 Å². The van der Waals surface area contributed by atoms with E-state index in [1.807, 2.05) is 6.92 Å². The lowest BCUT2D eigenvalue weighted by Crippen LogP contribution is -2.11. The monoisotopic (exact) mass is 282 g/mol. The molecule has 0 saturated carbocycles. The van der Waals surface area contributed by atoms with E-state index in [2.05, 4.69) is 5.10 Å². The Balaban J connectivity index is 2.40. The lowest BCUT2D eigenvalue weighted by molar-refractivity contribution is 0.207. The largest absolute Gasteiger partial charge is 0.382 e. The highest BCUT2D eigenvalue weighted by Crippen LogP contribution is 2.29. The molecule has 0 saturated heterocycles. The lowest BCUT2D eigenvalue weighted by Gasteiger charge is -2.15. The molecule has 1 unspecified atom stereocenters. The SMILES string of the molecule is CCCn1ncc(Cl)c1C(O)c1ccc(F)c(C)c1. The van der Waals surface area contributed by atoms with Gasteiger partial charge in [-0.05, 0) is 30.5 Å². The Morgan fingerprint density at radius 1 is 1.47 bits per heavy atom. The van der Waals surface area contributed by atoms with Gasteiger partial charge in [-0.15, -0.1) is 0 Å². The van der Waals surface area contributed by atoms with E-state index < -0.39 is 6.10 Å². The smallest absolute Gasteiger partial charge is 0.126 e. The van der Waals surface area contributed by atoms with Crippen LogP contribution in [0.3, 0.4) is 0 Å². The highest BCUT2D eigenvalue weighted by atomic mass is 35.5. The van der Waals surface area contributed by atoms with E-state index in [9.17, 15) is 9.50 Å². The summed E-state index contributed by atoms with van der Waals surface area (Å²) in [4.78, 5) is 0. The van der Waals surface area contributed by atoms with Gasteiger partial charge in [-0.25, -0.2) is 4.39 Å². The van der Waals surface area contributed by atoms with Gasteiger partial charge in [-0.2, -0.15) is 5.10 Å². The fourth-order valence-electron chi connectivity index (χ4n) is 2.03. The zero-order valence-electron chi connectivity index (χ0n) is 10.9. The average Bonchev–Trinajstić information content (AvgIpc) is 2.74. The van der Waals surface area contributed by atoms with Crippen molar-refractivity contribution in [2.45, 2.75) is 32.9 Å². The molecule has 5 heteroatoms. The van der Waals surface area contributed by atoms with E-state index in [-0.39, 0.29) is 5.82 Å². The standard InChI is InChI=1S/C14H16ClFN2O/c1-3-6-18-13(11(15)8-17-18)14(19)10-4-5-12(16)9(2)7-10/h4-5,7-8,14,19H,3,6H2,1-2H3. The Bertz CT molecular complexity index is 583. The van der Waals surface area contributed by atoms with Crippen molar-refractivity contribution >= 4 is 11.6 Å². The number of aliphatic hydroxyl groups excluding tert-OH is 1. The molecular formula is C14H16ClFN2O. The summed E-state index contributed by atoms with van der Waals surface area (Å²) >= 11 is 6.08. The number of hydrogen-bond acceptors (Lipinski definition) is 2. The van der Waals surface area contributed by atoms with Gasteiger partial charge in [0.15, 0.2) is 0 Å². The third kappa shape index (κ3) is 2.80. The number of aromatic nitrogens is 2. The Hall–Kier alpha value is -1.39. The first-order valence-electron chi connectivity index (χ1n) is 6.20. The normalized spacial score (nSPS) is 12.7. The highest BCUT2D eigenvalue weighted by molar-refractivity contribution is 6.31. The van der Waals surface area contributed by atoms with Crippen molar-refractivity contribution in [3.05, 3.63) is 52.1 Å². The number of aryl methyl sites for hydroxylation is 2. The van der Waals surface area contributed by atoms with Crippen molar-refractivity contribution < 1.29 is 9.50 Å². The average molecular weight is 283 g/mol. The molecule has 0 aliphatic rings. The maximum Gasteiger partial charge on any atom is 0.126 e. The molecule has 0 aliphatic carbocycles. The summed E-state index contributed by atoms with van der Waals surface area (Å²) in [5, 5.41) is 15.0. The Morgan fingerprint density at radius 2 is 2.21 bits per heavy atom. The van der Waals surface area contributed by atoms with Gasteiger partial charge in [0.2, 0.25) is 0 Å². The predicted molar refractivity (Wildman–Crippen MR) is 72.7 cm³/mol. The molecule has 3 nitrogen and oxygen atoms in total. The third-order valence-electron chi connectivity index (χ3n) is 3.03. The van der Waals surface area contributed by atoms with Gasteiger partial charge in [0, 0.05) is 6.54 Å². The quantitative estimate of drug-likeness (QED) is 0.932. The first kappa shape index (κ1) is 14.0. The van der Waals surface area contributed by atoms with Crippen LogP contribution in [0.2, 0.25) is 5.02 Å². The molecule has 19 heavy (non-hydrogen) atoms. The van der Waals surface area contributed by atoms with Crippen LogP contribution in [-0.2, 0) is 6.54 Å². The van der Waals surface area contributed by atoms with Crippen LogP contribution in [0.1, 0.15) is 36.3 Å². The molecule has 0 fully saturated rings. The summed E-state index contributed by atoms with van der Waals surface area (Å²) in [6.45, 7) is 4.36. The van der Waals surface area contributed by atoms with Crippen molar-refractivity contribution in [2.24, 2.45) is 0 Å². The molecule has 102 valence electrons. The lowest BCUT2D eigenvalue weighted by atomic mass is 10.0. The molecule has 1 heterocycles. The fourth-order valence-corrected chi connectivity index (χ4v) is 2.27. The van der Waals surface area contributed by atoms with Crippen LogP contribution in [0.5, 0.6) is 0 Å². The molecule has 2 rings (SSSR count). The molecule has 0 amide bonds. The second-order valence-corrected chi connectivity index (χ2v) is 4.92. The molecule has 0 spiro atoms. The molecular weight excluding hydrogens is 267 g/mol. The molecule has 0 radical (unpaired) electrons. The topological polar surface area (TPSA) is 38.0 Å². The number of aliphatic hydroxyl groups is 1. The molecule has 1 N–H and O–H groups in total. The van der Waals surface area contributed by atoms with Gasteiger partial charge in [0.1, 0.15) is 11.9 Å². The number of halogens is 2. The van der Waals surface area contributed by atoms with E-state index in [0.29, 0.717) is 28.4 Å². The minimum atomic E-state index is -0.902. The zero-order chi connectivity index (χ0) is 14.0. The van der Waals surface area contributed by atoms with Crippen LogP contribution in [0.4, 0.5) is 4.39 Å². The van der Waals surface area contributed by atoms with E-state index >= 15 is 0 Å². The van der Waals surface area contributed by atoms with Gasteiger partial charge < -0.3 is 5.11 Å². The minimum Gasteiger partial charge on any atom is -0.382 e. The van der Waals surface area contributed by atoms with Crippen molar-refractivity contribution in [3.8, 4) is 0 Å². The van der Waals surface area contributed by atoms with Crippen molar-refractivity contribution in [1.82, 2.24) is 9.78 Å². The van der Waals surface area contributed by atoms with E-state index in [1.165, 1.54) is 12.3 Å². The number of hydrogen-bond donors (Lipinski definition) is 1. The molecule has 0 bridgehead atoms. The van der Waals surface area contributed by atoms with Crippen molar-refractivity contribution in [2.75, 3.05) is 0 Å².